The molecule has 0 bridgehead atoms. The monoisotopic (exact) mass is 288 g/mol. The van der Waals surface area contributed by atoms with Gasteiger partial charge in [0.1, 0.15) is 0 Å². The largest absolute Gasteiger partial charge is 0.330 e. The molecule has 0 amide bonds. The molecule has 0 spiro atoms. The summed E-state index contributed by atoms with van der Waals surface area (Å²) in [6.45, 7) is 8.04. The van der Waals surface area contributed by atoms with Crippen LogP contribution in [-0.4, -0.2) is 56.8 Å². The molecule has 0 unspecified atom stereocenters. The third-order valence-corrected chi connectivity index (χ3v) is 4.10. The summed E-state index contributed by atoms with van der Waals surface area (Å²) >= 11 is 0. The second kappa shape index (κ2) is 13.8. The molecule has 0 atom stereocenters. The highest BCUT2D eigenvalue weighted by molar-refractivity contribution is 4.53. The average Bonchev–Trinajstić information content (AvgIpc) is 2.46. The highest BCUT2D eigenvalue weighted by atomic mass is 15.3. The van der Waals surface area contributed by atoms with E-state index >= 15 is 0 Å². The number of unbranched alkanes of at least 4 members (excludes halogenated alkanes) is 3. The van der Waals surface area contributed by atoms with Gasteiger partial charge < -0.3 is 27.4 Å². The smallest absolute Gasteiger partial charge is 0.0798 e. The first kappa shape index (κ1) is 19.8. The Bertz CT molecular complexity index is 172. The third kappa shape index (κ3) is 9.66. The minimum Gasteiger partial charge on any atom is -0.330 e. The molecule has 5 heteroatoms. The van der Waals surface area contributed by atoms with Crippen LogP contribution in [-0.2, 0) is 0 Å². The van der Waals surface area contributed by atoms with Crippen molar-refractivity contribution in [2.24, 2.45) is 22.9 Å². The highest BCUT2D eigenvalue weighted by Crippen LogP contribution is 2.15. The van der Waals surface area contributed by atoms with E-state index in [0.29, 0.717) is 0 Å². The van der Waals surface area contributed by atoms with Crippen LogP contribution >= 0.6 is 0 Å². The second-order valence-corrected chi connectivity index (χ2v) is 5.87. The van der Waals surface area contributed by atoms with Crippen molar-refractivity contribution in [3.8, 4) is 0 Å². The van der Waals surface area contributed by atoms with Gasteiger partial charge in [-0.15, -0.1) is 0 Å². The van der Waals surface area contributed by atoms with Crippen molar-refractivity contribution >= 4 is 0 Å². The summed E-state index contributed by atoms with van der Waals surface area (Å²) in [7, 11) is 0. The van der Waals surface area contributed by atoms with Crippen LogP contribution in [0, 0.1) is 0 Å². The Labute approximate surface area is 125 Å². The molecule has 0 aliphatic carbocycles. The van der Waals surface area contributed by atoms with Gasteiger partial charge in [0.05, 0.1) is 26.2 Å². The molecule has 0 saturated heterocycles. The van der Waals surface area contributed by atoms with Crippen molar-refractivity contribution in [2.75, 3.05) is 52.4 Å². The van der Waals surface area contributed by atoms with E-state index in [4.69, 9.17) is 22.9 Å². The summed E-state index contributed by atoms with van der Waals surface area (Å²) in [5.41, 5.74) is 22.7. The lowest BCUT2D eigenvalue weighted by Gasteiger charge is -2.39. The van der Waals surface area contributed by atoms with Crippen LogP contribution in [0.1, 0.15) is 44.9 Å². The maximum Gasteiger partial charge on any atom is 0.0798 e. The van der Waals surface area contributed by atoms with Gasteiger partial charge in [0.25, 0.3) is 0 Å². The molecule has 122 valence electrons. The Morgan fingerprint density at radius 1 is 0.400 bits per heavy atom. The van der Waals surface area contributed by atoms with Crippen molar-refractivity contribution in [1.29, 1.82) is 0 Å². The van der Waals surface area contributed by atoms with Crippen molar-refractivity contribution < 1.29 is 4.48 Å². The molecule has 0 fully saturated rings. The Balaban J connectivity index is 4.48. The van der Waals surface area contributed by atoms with Crippen LogP contribution in [0.25, 0.3) is 0 Å². The fourth-order valence-electron chi connectivity index (χ4n) is 2.87. The molecule has 0 aromatic carbocycles. The van der Waals surface area contributed by atoms with Crippen molar-refractivity contribution in [1.82, 2.24) is 0 Å². The van der Waals surface area contributed by atoms with Crippen molar-refractivity contribution in [3.05, 3.63) is 0 Å². The van der Waals surface area contributed by atoms with E-state index in [1.54, 1.807) is 0 Å². The van der Waals surface area contributed by atoms with Gasteiger partial charge in [-0.05, 0) is 64.7 Å². The number of quaternary nitrogens is 1. The fraction of sp³-hybridized carbons (Fsp3) is 1.00. The third-order valence-electron chi connectivity index (χ3n) is 4.10. The SMILES string of the molecule is NCCCC[N+](CCCN)(CCCCN)CCCCN. The lowest BCUT2D eigenvalue weighted by atomic mass is 10.1. The molecule has 0 aliphatic rings. The number of hydrogen-bond donors (Lipinski definition) is 4. The lowest BCUT2D eigenvalue weighted by molar-refractivity contribution is -0.929. The minimum absolute atomic E-state index is 0.782. The number of hydrogen-bond acceptors (Lipinski definition) is 4. The Morgan fingerprint density at radius 2 is 0.700 bits per heavy atom. The molecule has 5 nitrogen and oxygen atoms in total. The Kier molecular flexibility index (Phi) is 13.6. The standard InChI is InChI=1S/C15H38N5/c16-8-1-4-12-20(15-7-11-19,13-5-2-9-17)14-6-3-10-18/h1-19H2/q+1. The lowest BCUT2D eigenvalue weighted by Crippen LogP contribution is -2.51. The first-order valence-corrected chi connectivity index (χ1v) is 8.40. The van der Waals surface area contributed by atoms with Gasteiger partial charge in [0.15, 0.2) is 0 Å². The van der Waals surface area contributed by atoms with Crippen molar-refractivity contribution in [3.63, 3.8) is 0 Å². The minimum atomic E-state index is 0.782. The van der Waals surface area contributed by atoms with E-state index in [0.717, 1.165) is 51.9 Å². The summed E-state index contributed by atoms with van der Waals surface area (Å²) in [5, 5.41) is 0. The average molecular weight is 289 g/mol. The molecule has 0 saturated carbocycles. The molecule has 0 aliphatic heterocycles. The van der Waals surface area contributed by atoms with E-state index in [9.17, 15) is 0 Å². The Morgan fingerprint density at radius 3 is 1.00 bits per heavy atom. The van der Waals surface area contributed by atoms with E-state index in [2.05, 4.69) is 0 Å². The van der Waals surface area contributed by atoms with Gasteiger partial charge >= 0.3 is 0 Å². The maximum absolute atomic E-state index is 5.73. The predicted octanol–water partition coefficient (Wildman–Crippen LogP) is 0.369. The van der Waals surface area contributed by atoms with Crippen LogP contribution in [0.4, 0.5) is 0 Å². The van der Waals surface area contributed by atoms with Gasteiger partial charge in [-0.2, -0.15) is 0 Å². The molecular weight excluding hydrogens is 250 g/mol. The van der Waals surface area contributed by atoms with Gasteiger partial charge in [0, 0.05) is 6.42 Å². The van der Waals surface area contributed by atoms with Crippen LogP contribution < -0.4 is 22.9 Å². The van der Waals surface area contributed by atoms with E-state index < -0.39 is 0 Å². The summed E-state index contributed by atoms with van der Waals surface area (Å²) in [6.07, 6.45) is 8.11. The number of nitrogens with two attached hydrogens (primary N) is 4. The van der Waals surface area contributed by atoms with Crippen LogP contribution in [0.2, 0.25) is 0 Å². The maximum atomic E-state index is 5.73. The zero-order valence-corrected chi connectivity index (χ0v) is 13.4. The highest BCUT2D eigenvalue weighted by Gasteiger charge is 2.25. The van der Waals surface area contributed by atoms with Gasteiger partial charge in [0.2, 0.25) is 0 Å². The number of nitrogens with zero attached hydrogens (tertiary/aromatic N) is 1. The summed E-state index contributed by atoms with van der Waals surface area (Å²) in [4.78, 5) is 0. The summed E-state index contributed by atoms with van der Waals surface area (Å²) < 4.78 is 1.19. The second-order valence-electron chi connectivity index (χ2n) is 5.87. The van der Waals surface area contributed by atoms with Gasteiger partial charge in [-0.1, -0.05) is 0 Å². The predicted molar refractivity (Wildman–Crippen MR) is 88.3 cm³/mol. The topological polar surface area (TPSA) is 104 Å². The molecule has 0 heterocycles. The zero-order chi connectivity index (χ0) is 15.1. The molecule has 20 heavy (non-hydrogen) atoms. The van der Waals surface area contributed by atoms with Gasteiger partial charge in [-0.25, -0.2) is 0 Å². The zero-order valence-electron chi connectivity index (χ0n) is 13.4. The van der Waals surface area contributed by atoms with E-state index in [-0.39, 0.29) is 0 Å². The fourth-order valence-corrected chi connectivity index (χ4v) is 2.87. The van der Waals surface area contributed by atoms with Crippen LogP contribution in [0.15, 0.2) is 0 Å². The molecule has 0 rings (SSSR count). The van der Waals surface area contributed by atoms with E-state index in [1.807, 2.05) is 0 Å². The Hall–Kier alpha value is -0.200. The molecule has 0 aromatic heterocycles. The molecule has 8 N–H and O–H groups in total. The van der Waals surface area contributed by atoms with E-state index in [1.165, 1.54) is 49.9 Å². The van der Waals surface area contributed by atoms with Gasteiger partial charge in [-0.3, -0.25) is 0 Å². The normalized spacial score (nSPS) is 12.0. The van der Waals surface area contributed by atoms with Crippen molar-refractivity contribution in [2.45, 2.75) is 44.9 Å². The quantitative estimate of drug-likeness (QED) is 0.258. The number of rotatable bonds is 15. The van der Waals surface area contributed by atoms with Crippen LogP contribution in [0.5, 0.6) is 0 Å². The first-order chi connectivity index (χ1) is 9.74. The summed E-state index contributed by atoms with van der Waals surface area (Å²) in [5.74, 6) is 0. The molecule has 0 aromatic rings. The first-order valence-electron chi connectivity index (χ1n) is 8.40. The molecule has 0 radical (unpaired) electrons. The summed E-state index contributed by atoms with van der Waals surface area (Å²) in [6, 6.07) is 0. The molecular formula is C15H38N5+. The van der Waals surface area contributed by atoms with Crippen LogP contribution in [0.3, 0.4) is 0 Å².